The Morgan fingerprint density at radius 3 is 2.34 bits per heavy atom. The van der Waals surface area contributed by atoms with E-state index in [4.69, 9.17) is 11.6 Å². The van der Waals surface area contributed by atoms with Crippen LogP contribution in [0.15, 0.2) is 18.3 Å². The summed E-state index contributed by atoms with van der Waals surface area (Å²) in [5.41, 5.74) is -1.15. The monoisotopic (exact) mass is 460 g/mol. The number of hydrogen-bond donors (Lipinski definition) is 2. The van der Waals surface area contributed by atoms with Gasteiger partial charge < -0.3 is 15.3 Å². The molecule has 0 radical (unpaired) electrons. The number of rotatable bonds is 5. The molecular weight excluding hydrogens is 428 g/mol. The van der Waals surface area contributed by atoms with E-state index < -0.39 is 16.9 Å². The molecule has 32 heavy (non-hydrogen) atoms. The predicted molar refractivity (Wildman–Crippen MR) is 123 cm³/mol. The maximum absolute atomic E-state index is 13.4. The molecule has 0 spiro atoms. The quantitative estimate of drug-likeness (QED) is 0.702. The van der Waals surface area contributed by atoms with E-state index in [-0.39, 0.29) is 11.9 Å². The van der Waals surface area contributed by atoms with E-state index in [1.54, 1.807) is 6.20 Å². The van der Waals surface area contributed by atoms with Crippen molar-refractivity contribution in [3.8, 4) is 0 Å². The number of pyridine rings is 1. The fourth-order valence-corrected chi connectivity index (χ4v) is 7.15. The Kier molecular flexibility index (Phi) is 5.40. The van der Waals surface area contributed by atoms with Crippen LogP contribution in [0.5, 0.6) is 0 Å². The van der Waals surface area contributed by atoms with Gasteiger partial charge >= 0.3 is 5.97 Å². The molecule has 1 aromatic heterocycles. The lowest BCUT2D eigenvalue weighted by atomic mass is 9.48. The van der Waals surface area contributed by atoms with Gasteiger partial charge in [0.05, 0.1) is 16.0 Å². The molecule has 1 aromatic rings. The number of hydrogen-bond acceptors (Lipinski definition) is 5. The number of halogens is 1. The highest BCUT2D eigenvalue weighted by Gasteiger charge is 2.59. The smallest absolute Gasteiger partial charge is 0.309 e. The molecule has 1 aliphatic heterocycles. The zero-order valence-corrected chi connectivity index (χ0v) is 19.6. The standard InChI is InChI=1S/C24H33ClN4O3/c1-23(2,29-7-5-28(6-8-29)19-4-3-18(25)14-26-19)21(30)27-20-16-9-15-10-17(20)13-24(11-15,12-16)22(31)32/h3-4,14-17,20H,5-13H2,1-2H3,(H,27,30)(H,31,32). The molecule has 174 valence electrons. The van der Waals surface area contributed by atoms with Crippen LogP contribution in [-0.2, 0) is 9.59 Å². The first-order valence-corrected chi connectivity index (χ1v) is 12.2. The SMILES string of the molecule is CC(C)(C(=O)NC1C2CC3CC1CC(C(=O)O)(C3)C2)N1CCN(c2ccc(Cl)cn2)CC1. The normalized spacial score (nSPS) is 34.5. The summed E-state index contributed by atoms with van der Waals surface area (Å²) in [7, 11) is 0. The first-order chi connectivity index (χ1) is 15.2. The average molecular weight is 461 g/mol. The largest absolute Gasteiger partial charge is 0.481 e. The minimum Gasteiger partial charge on any atom is -0.481 e. The summed E-state index contributed by atoms with van der Waals surface area (Å²) in [4.78, 5) is 34.3. The second kappa shape index (κ2) is 7.87. The van der Waals surface area contributed by atoms with E-state index in [2.05, 4.69) is 20.1 Å². The van der Waals surface area contributed by atoms with Gasteiger partial charge in [-0.15, -0.1) is 0 Å². The number of nitrogens with zero attached hydrogens (tertiary/aromatic N) is 3. The third-order valence-electron chi connectivity index (χ3n) is 8.69. The van der Waals surface area contributed by atoms with Gasteiger partial charge in [0.2, 0.25) is 5.91 Å². The van der Waals surface area contributed by atoms with E-state index in [0.29, 0.717) is 35.6 Å². The van der Waals surface area contributed by atoms with Crippen molar-refractivity contribution in [2.45, 2.75) is 57.5 Å². The summed E-state index contributed by atoms with van der Waals surface area (Å²) >= 11 is 5.95. The van der Waals surface area contributed by atoms with Gasteiger partial charge in [0.1, 0.15) is 5.82 Å². The highest BCUT2D eigenvalue weighted by atomic mass is 35.5. The number of anilines is 1. The number of aromatic nitrogens is 1. The summed E-state index contributed by atoms with van der Waals surface area (Å²) < 4.78 is 0. The Bertz CT molecular complexity index is 881. The lowest BCUT2D eigenvalue weighted by Gasteiger charge is -2.58. The molecule has 5 aliphatic rings. The zero-order chi connectivity index (χ0) is 22.7. The number of carbonyl (C=O) groups is 2. The molecule has 8 heteroatoms. The van der Waals surface area contributed by atoms with Crippen LogP contribution in [0.4, 0.5) is 5.82 Å². The highest BCUT2D eigenvalue weighted by Crippen LogP contribution is 2.60. The van der Waals surface area contributed by atoms with Crippen LogP contribution in [0.3, 0.4) is 0 Å². The Morgan fingerprint density at radius 1 is 1.12 bits per heavy atom. The van der Waals surface area contributed by atoms with Crippen molar-refractivity contribution in [3.05, 3.63) is 23.4 Å². The van der Waals surface area contributed by atoms with Gasteiger partial charge in [-0.1, -0.05) is 11.6 Å². The Balaban J connectivity index is 1.21. The molecule has 5 fully saturated rings. The van der Waals surface area contributed by atoms with Crippen molar-refractivity contribution < 1.29 is 14.7 Å². The Hall–Kier alpha value is -1.86. The number of aliphatic carboxylic acids is 1. The predicted octanol–water partition coefficient (Wildman–Crippen LogP) is 3.03. The molecule has 4 saturated carbocycles. The number of carboxylic acids is 1. The van der Waals surface area contributed by atoms with Gasteiger partial charge in [-0.3, -0.25) is 14.5 Å². The van der Waals surface area contributed by atoms with Crippen LogP contribution >= 0.6 is 11.6 Å². The lowest BCUT2D eigenvalue weighted by Crippen LogP contribution is -2.66. The fraction of sp³-hybridized carbons (Fsp3) is 0.708. The fourth-order valence-electron chi connectivity index (χ4n) is 7.04. The summed E-state index contributed by atoms with van der Waals surface area (Å²) in [6.45, 7) is 7.20. The summed E-state index contributed by atoms with van der Waals surface area (Å²) in [6, 6.07) is 3.91. The van der Waals surface area contributed by atoms with Crippen LogP contribution < -0.4 is 10.2 Å². The minimum atomic E-state index is -0.630. The molecule has 0 aromatic carbocycles. The molecule has 4 aliphatic carbocycles. The van der Waals surface area contributed by atoms with Gasteiger partial charge in [0.15, 0.2) is 0 Å². The van der Waals surface area contributed by atoms with Crippen molar-refractivity contribution in [2.24, 2.45) is 23.2 Å². The molecule has 2 unspecified atom stereocenters. The van der Waals surface area contributed by atoms with Gasteiger partial charge in [0, 0.05) is 38.4 Å². The molecule has 6 rings (SSSR count). The third kappa shape index (κ3) is 3.67. The second-order valence-electron chi connectivity index (χ2n) is 10.9. The van der Waals surface area contributed by atoms with Gasteiger partial charge in [-0.2, -0.15) is 0 Å². The van der Waals surface area contributed by atoms with E-state index in [9.17, 15) is 14.7 Å². The lowest BCUT2D eigenvalue weighted by molar-refractivity contribution is -0.168. The Morgan fingerprint density at radius 2 is 1.78 bits per heavy atom. The summed E-state index contributed by atoms with van der Waals surface area (Å²) in [5, 5.41) is 13.9. The van der Waals surface area contributed by atoms with Crippen molar-refractivity contribution in [1.82, 2.24) is 15.2 Å². The second-order valence-corrected chi connectivity index (χ2v) is 11.4. The highest BCUT2D eigenvalue weighted by molar-refractivity contribution is 6.30. The molecular formula is C24H33ClN4O3. The first kappa shape index (κ1) is 22.0. The van der Waals surface area contributed by atoms with Crippen LogP contribution in [0.25, 0.3) is 0 Å². The molecule has 4 bridgehead atoms. The van der Waals surface area contributed by atoms with Gasteiger partial charge in [0.25, 0.3) is 0 Å². The molecule has 1 saturated heterocycles. The maximum Gasteiger partial charge on any atom is 0.309 e. The average Bonchev–Trinajstić information content (AvgIpc) is 2.76. The molecule has 1 amide bonds. The third-order valence-corrected chi connectivity index (χ3v) is 8.91. The van der Waals surface area contributed by atoms with E-state index in [1.165, 1.54) is 0 Å². The molecule has 7 nitrogen and oxygen atoms in total. The topological polar surface area (TPSA) is 85.8 Å². The van der Waals surface area contributed by atoms with Crippen molar-refractivity contribution in [3.63, 3.8) is 0 Å². The van der Waals surface area contributed by atoms with Crippen LogP contribution in [-0.4, -0.2) is 64.6 Å². The van der Waals surface area contributed by atoms with E-state index in [1.807, 2.05) is 26.0 Å². The summed E-state index contributed by atoms with van der Waals surface area (Å²) in [5.74, 6) is 1.46. The van der Waals surface area contributed by atoms with Crippen LogP contribution in [0, 0.1) is 23.2 Å². The van der Waals surface area contributed by atoms with Crippen molar-refractivity contribution in [2.75, 3.05) is 31.1 Å². The maximum atomic E-state index is 13.4. The number of amides is 1. The molecule has 2 N–H and O–H groups in total. The number of piperazine rings is 1. The molecule has 2 atom stereocenters. The minimum absolute atomic E-state index is 0.0671. The zero-order valence-electron chi connectivity index (χ0n) is 18.9. The van der Waals surface area contributed by atoms with Gasteiger partial charge in [-0.25, -0.2) is 4.98 Å². The van der Waals surface area contributed by atoms with Crippen LogP contribution in [0.1, 0.15) is 46.0 Å². The van der Waals surface area contributed by atoms with E-state index in [0.717, 1.165) is 51.3 Å². The number of carboxylic acid groups (broad SMARTS) is 1. The van der Waals surface area contributed by atoms with Crippen LogP contribution in [0.2, 0.25) is 5.02 Å². The summed E-state index contributed by atoms with van der Waals surface area (Å²) in [6.07, 6.45) is 6.04. The van der Waals surface area contributed by atoms with Gasteiger partial charge in [-0.05, 0) is 75.8 Å². The first-order valence-electron chi connectivity index (χ1n) is 11.8. The number of carbonyl (C=O) groups excluding carboxylic acids is 1. The van der Waals surface area contributed by atoms with Crippen molar-refractivity contribution in [1.29, 1.82) is 0 Å². The van der Waals surface area contributed by atoms with E-state index >= 15 is 0 Å². The molecule has 2 heterocycles. The Labute approximate surface area is 194 Å². The number of nitrogens with one attached hydrogen (secondary N) is 1. The van der Waals surface area contributed by atoms with Crippen molar-refractivity contribution >= 4 is 29.3 Å².